The molecule has 4 nitrogen and oxygen atoms in total. The van der Waals surface area contributed by atoms with E-state index in [4.69, 9.17) is 9.05 Å². The number of hydrogen-bond acceptors (Lipinski definition) is 4. The largest absolute Gasteiger partial charge is 0.443 e. The van der Waals surface area contributed by atoms with Crippen molar-refractivity contribution in [3.8, 4) is 11.5 Å². The first-order valence-electron chi connectivity index (χ1n) is 4.77. The minimum absolute atomic E-state index is 0.485. The molecule has 0 radical (unpaired) electrons. The Bertz CT molecular complexity index is 406. The molecule has 0 aliphatic rings. The van der Waals surface area contributed by atoms with Crippen LogP contribution in [-0.4, -0.2) is 31.6 Å². The number of rotatable bonds is 4. The molecular weight excluding hydrogens is 246 g/mol. The summed E-state index contributed by atoms with van der Waals surface area (Å²) in [5.74, 6) is 1.01. The van der Waals surface area contributed by atoms with Crippen molar-refractivity contribution in [2.24, 2.45) is 0 Å². The molecule has 1 rings (SSSR count). The van der Waals surface area contributed by atoms with Crippen LogP contribution in [0.15, 0.2) is 24.3 Å². The molecule has 0 atom stereocenters. The second-order valence-corrected chi connectivity index (χ2v) is 9.66. The van der Waals surface area contributed by atoms with Gasteiger partial charge < -0.3 is 9.05 Å². The zero-order valence-corrected chi connectivity index (χ0v) is 11.7. The van der Waals surface area contributed by atoms with Crippen LogP contribution in [0.2, 0.25) is 0 Å². The zero-order valence-electron chi connectivity index (χ0n) is 9.88. The molecule has 0 aromatic heterocycles. The van der Waals surface area contributed by atoms with Crippen molar-refractivity contribution in [2.75, 3.05) is 26.7 Å². The molecule has 0 fully saturated rings. The lowest BCUT2D eigenvalue weighted by atomic mass is 10.3. The topological polar surface area (TPSA) is 55.8 Å². The Hall–Kier alpha value is -0.560. The van der Waals surface area contributed by atoms with Gasteiger partial charge in [-0.3, -0.25) is 4.57 Å². The van der Waals surface area contributed by atoms with Crippen molar-refractivity contribution in [3.05, 3.63) is 24.3 Å². The van der Waals surface area contributed by atoms with Crippen molar-refractivity contribution >= 4 is 15.1 Å². The van der Waals surface area contributed by atoms with Gasteiger partial charge in [0.2, 0.25) is 7.37 Å². The molecule has 0 saturated heterocycles. The smallest absolute Gasteiger partial charge is 0.310 e. The Morgan fingerprint density at radius 1 is 1.25 bits per heavy atom. The van der Waals surface area contributed by atoms with Gasteiger partial charge in [-0.25, -0.2) is 4.89 Å². The van der Waals surface area contributed by atoms with E-state index in [2.05, 4.69) is 0 Å². The van der Waals surface area contributed by atoms with Gasteiger partial charge in [0.25, 0.3) is 0 Å². The van der Waals surface area contributed by atoms with E-state index in [1.54, 1.807) is 50.9 Å². The molecule has 0 bridgehead atoms. The van der Waals surface area contributed by atoms with Crippen LogP contribution in [0.1, 0.15) is 0 Å². The van der Waals surface area contributed by atoms with Crippen molar-refractivity contribution in [1.29, 1.82) is 0 Å². The predicted octanol–water partition coefficient (Wildman–Crippen LogP) is 3.08. The lowest BCUT2D eigenvalue weighted by Crippen LogP contribution is -1.96. The fourth-order valence-corrected chi connectivity index (χ4v) is 2.35. The lowest BCUT2D eigenvalue weighted by molar-refractivity contribution is 0.467. The molecule has 1 aromatic carbocycles. The third kappa shape index (κ3) is 5.50. The van der Waals surface area contributed by atoms with Crippen LogP contribution in [0, 0.1) is 0 Å². The molecule has 16 heavy (non-hydrogen) atoms. The Kier molecular flexibility index (Phi) is 4.01. The van der Waals surface area contributed by atoms with Gasteiger partial charge in [0.1, 0.15) is 19.1 Å². The average Bonchev–Trinajstić information content (AvgIpc) is 1.96. The number of benzene rings is 1. The van der Waals surface area contributed by atoms with Crippen molar-refractivity contribution in [2.45, 2.75) is 0 Å². The first-order valence-corrected chi connectivity index (χ1v) is 9.84. The lowest BCUT2D eigenvalue weighted by Gasteiger charge is -2.13. The Labute approximate surface area is 96.5 Å². The molecule has 0 saturated carbocycles. The Morgan fingerprint density at radius 3 is 2.31 bits per heavy atom. The van der Waals surface area contributed by atoms with E-state index in [0.717, 1.165) is 0 Å². The molecule has 6 heteroatoms. The molecular formula is C10H17O4P2+. The number of hydrogen-bond donors (Lipinski definition) is 1. The maximum absolute atomic E-state index is 11.5. The van der Waals surface area contributed by atoms with Crippen LogP contribution in [0.5, 0.6) is 11.5 Å². The van der Waals surface area contributed by atoms with Gasteiger partial charge in [0.15, 0.2) is 5.75 Å². The highest BCUT2D eigenvalue weighted by atomic mass is 31.2. The molecule has 1 aromatic rings. The van der Waals surface area contributed by atoms with E-state index < -0.39 is 15.1 Å². The fourth-order valence-electron chi connectivity index (χ4n) is 1.10. The molecule has 0 amide bonds. The van der Waals surface area contributed by atoms with Crippen molar-refractivity contribution in [1.82, 2.24) is 0 Å². The molecule has 0 spiro atoms. The third-order valence-corrected chi connectivity index (χ3v) is 2.77. The van der Waals surface area contributed by atoms with E-state index in [1.165, 1.54) is 0 Å². The van der Waals surface area contributed by atoms with Crippen LogP contribution in [0.25, 0.3) is 0 Å². The van der Waals surface area contributed by atoms with Gasteiger partial charge in [-0.15, -0.1) is 0 Å². The quantitative estimate of drug-likeness (QED) is 0.848. The molecule has 0 aliphatic heterocycles. The average molecular weight is 263 g/mol. The summed E-state index contributed by atoms with van der Waals surface area (Å²) in [7, 11) is -4.90. The van der Waals surface area contributed by atoms with Gasteiger partial charge >= 0.3 is 7.72 Å². The van der Waals surface area contributed by atoms with Crippen molar-refractivity contribution in [3.63, 3.8) is 0 Å². The van der Waals surface area contributed by atoms with E-state index in [-0.39, 0.29) is 0 Å². The van der Waals surface area contributed by atoms with Gasteiger partial charge in [-0.2, -0.15) is 0 Å². The highest BCUT2D eigenvalue weighted by Crippen LogP contribution is 2.48. The molecule has 90 valence electrons. The van der Waals surface area contributed by atoms with Crippen molar-refractivity contribution < 1.29 is 18.5 Å². The van der Waals surface area contributed by atoms with Gasteiger partial charge in [0.05, 0.1) is 0 Å². The van der Waals surface area contributed by atoms with Gasteiger partial charge in [-0.1, -0.05) is 6.07 Å². The summed E-state index contributed by atoms with van der Waals surface area (Å²) in [5.41, 5.74) is 0. The van der Waals surface area contributed by atoms with E-state index in [1.807, 2.05) is 0 Å². The van der Waals surface area contributed by atoms with Crippen LogP contribution < -0.4 is 9.05 Å². The predicted molar refractivity (Wildman–Crippen MR) is 68.1 cm³/mol. The van der Waals surface area contributed by atoms with Crippen LogP contribution >= 0.6 is 15.1 Å². The first-order chi connectivity index (χ1) is 7.16. The normalized spacial score (nSPS) is 12.3. The molecule has 0 heterocycles. The van der Waals surface area contributed by atoms with E-state index >= 15 is 0 Å². The van der Waals surface area contributed by atoms with E-state index in [9.17, 15) is 9.46 Å². The fraction of sp³-hybridized carbons (Fsp3) is 0.400. The summed E-state index contributed by atoms with van der Waals surface area (Å²) in [5, 5.41) is 0. The van der Waals surface area contributed by atoms with E-state index in [0.29, 0.717) is 11.5 Å². The maximum Gasteiger partial charge on any atom is 0.310 e. The summed E-state index contributed by atoms with van der Waals surface area (Å²) in [6.07, 6.45) is 0. The maximum atomic E-state index is 11.5. The minimum Gasteiger partial charge on any atom is -0.443 e. The summed E-state index contributed by atoms with van der Waals surface area (Å²) < 4.78 is 22.1. The zero-order chi connectivity index (χ0) is 12.4. The van der Waals surface area contributed by atoms with Crippen LogP contribution in [0.4, 0.5) is 0 Å². The highest BCUT2D eigenvalue weighted by molar-refractivity contribution is 7.64. The first kappa shape index (κ1) is 13.5. The van der Waals surface area contributed by atoms with Gasteiger partial charge in [-0.05, 0) is 12.1 Å². The summed E-state index contributed by atoms with van der Waals surface area (Å²) >= 11 is 0. The SMILES string of the molecule is CP(C)(=O)Oc1cccc(O[P+](C)(C)O)c1. The van der Waals surface area contributed by atoms with Crippen LogP contribution in [-0.2, 0) is 4.57 Å². The second-order valence-electron chi connectivity index (χ2n) is 4.20. The monoisotopic (exact) mass is 263 g/mol. The van der Waals surface area contributed by atoms with Gasteiger partial charge in [0, 0.05) is 19.4 Å². The highest BCUT2D eigenvalue weighted by Gasteiger charge is 2.24. The van der Waals surface area contributed by atoms with Crippen LogP contribution in [0.3, 0.4) is 0 Å². The molecule has 0 unspecified atom stereocenters. The summed E-state index contributed by atoms with van der Waals surface area (Å²) in [6.45, 7) is 6.38. The minimum atomic E-state index is -2.57. The molecule has 0 aliphatic carbocycles. The standard InChI is InChI=1S/C10H17O4P2/c1-15(2,11)13-9-6-5-7-10(8-9)14-16(3,4)12/h5-8,11H,1-4H3/q+1. The second kappa shape index (κ2) is 4.75. The Morgan fingerprint density at radius 2 is 1.81 bits per heavy atom. The molecule has 1 N–H and O–H groups in total. The summed E-state index contributed by atoms with van der Waals surface area (Å²) in [4.78, 5) is 9.59. The summed E-state index contributed by atoms with van der Waals surface area (Å²) in [6, 6.07) is 6.78. The third-order valence-electron chi connectivity index (χ3n) is 1.46. The Balaban J connectivity index is 2.83.